The van der Waals surface area contributed by atoms with E-state index in [0.717, 1.165) is 30.8 Å². The van der Waals surface area contributed by atoms with Crippen molar-refractivity contribution in [3.63, 3.8) is 0 Å². The number of likely N-dealkylation sites (tertiary alicyclic amines) is 1. The maximum atomic E-state index is 5.65. The number of rotatable bonds is 3. The Morgan fingerprint density at radius 2 is 1.85 bits per heavy atom. The lowest BCUT2D eigenvalue weighted by atomic mass is 10.0. The first-order valence-electron chi connectivity index (χ1n) is 7.88. The van der Waals surface area contributed by atoms with E-state index in [1.165, 1.54) is 45.2 Å². The predicted molar refractivity (Wildman–Crippen MR) is 80.6 cm³/mol. The van der Waals surface area contributed by atoms with Gasteiger partial charge in [-0.3, -0.25) is 0 Å². The van der Waals surface area contributed by atoms with E-state index < -0.39 is 0 Å². The van der Waals surface area contributed by atoms with Crippen LogP contribution in [0.3, 0.4) is 0 Å². The summed E-state index contributed by atoms with van der Waals surface area (Å²) in [5, 5.41) is 0. The van der Waals surface area contributed by atoms with E-state index in [9.17, 15) is 0 Å². The lowest BCUT2D eigenvalue weighted by molar-refractivity contribution is 0.141. The second-order valence-electron chi connectivity index (χ2n) is 5.87. The maximum Gasteiger partial charge on any atom is 0.225 e. The Morgan fingerprint density at radius 3 is 2.55 bits per heavy atom. The van der Waals surface area contributed by atoms with Crippen molar-refractivity contribution in [3.05, 3.63) is 18.0 Å². The predicted octanol–water partition coefficient (Wildman–Crippen LogP) is 1.39. The van der Waals surface area contributed by atoms with Crippen molar-refractivity contribution >= 4 is 5.95 Å². The fraction of sp³-hybridized carbons (Fsp3) is 0.733. The molecule has 5 heteroatoms. The molecule has 0 amide bonds. The Labute approximate surface area is 121 Å². The summed E-state index contributed by atoms with van der Waals surface area (Å²) in [5.74, 6) is 0.852. The summed E-state index contributed by atoms with van der Waals surface area (Å²) in [7, 11) is 0. The lowest BCUT2D eigenvalue weighted by Gasteiger charge is -2.40. The number of hydrogen-bond acceptors (Lipinski definition) is 5. The summed E-state index contributed by atoms with van der Waals surface area (Å²) in [6, 6.07) is 2.66. The zero-order valence-corrected chi connectivity index (χ0v) is 12.2. The van der Waals surface area contributed by atoms with Crippen LogP contribution in [0.25, 0.3) is 0 Å². The third-order valence-corrected chi connectivity index (χ3v) is 4.56. The van der Waals surface area contributed by atoms with Crippen LogP contribution in [0.15, 0.2) is 12.3 Å². The Bertz CT molecular complexity index is 422. The van der Waals surface area contributed by atoms with E-state index in [4.69, 9.17) is 5.73 Å². The molecule has 0 bridgehead atoms. The highest BCUT2D eigenvalue weighted by atomic mass is 15.3. The van der Waals surface area contributed by atoms with Gasteiger partial charge in [0, 0.05) is 31.9 Å². The largest absolute Gasteiger partial charge is 0.341 e. The Kier molecular flexibility index (Phi) is 4.47. The van der Waals surface area contributed by atoms with Gasteiger partial charge in [-0.15, -0.1) is 0 Å². The fourth-order valence-electron chi connectivity index (χ4n) is 3.37. The van der Waals surface area contributed by atoms with Crippen LogP contribution < -0.4 is 10.6 Å². The Morgan fingerprint density at radius 1 is 1.10 bits per heavy atom. The highest BCUT2D eigenvalue weighted by molar-refractivity contribution is 5.31. The number of nitrogens with zero attached hydrogens (tertiary/aromatic N) is 4. The highest BCUT2D eigenvalue weighted by Gasteiger charge is 2.26. The van der Waals surface area contributed by atoms with Crippen LogP contribution in [0.2, 0.25) is 0 Å². The van der Waals surface area contributed by atoms with Crippen LogP contribution >= 0.6 is 0 Å². The average molecular weight is 275 g/mol. The topological polar surface area (TPSA) is 58.3 Å². The quantitative estimate of drug-likeness (QED) is 0.903. The van der Waals surface area contributed by atoms with Gasteiger partial charge in [0.2, 0.25) is 5.95 Å². The first-order valence-corrected chi connectivity index (χ1v) is 7.88. The monoisotopic (exact) mass is 275 g/mol. The van der Waals surface area contributed by atoms with Crippen molar-refractivity contribution < 1.29 is 0 Å². The SMILES string of the molecule is NCc1ccnc(N2CCC(N3CCCCC3)CC2)n1. The molecule has 2 aliphatic rings. The van der Waals surface area contributed by atoms with E-state index in [-0.39, 0.29) is 0 Å². The molecule has 5 nitrogen and oxygen atoms in total. The zero-order valence-electron chi connectivity index (χ0n) is 12.2. The third kappa shape index (κ3) is 3.10. The van der Waals surface area contributed by atoms with Gasteiger partial charge in [0.1, 0.15) is 0 Å². The molecule has 3 heterocycles. The van der Waals surface area contributed by atoms with Gasteiger partial charge in [0.05, 0.1) is 5.69 Å². The number of piperidine rings is 2. The van der Waals surface area contributed by atoms with E-state index in [1.54, 1.807) is 0 Å². The summed E-state index contributed by atoms with van der Waals surface area (Å²) in [6.07, 6.45) is 8.45. The first-order chi connectivity index (χ1) is 9.86. The van der Waals surface area contributed by atoms with E-state index in [1.807, 2.05) is 12.3 Å². The molecule has 1 aromatic heterocycles. The molecule has 0 saturated carbocycles. The van der Waals surface area contributed by atoms with Gasteiger partial charge in [0.15, 0.2) is 0 Å². The van der Waals surface area contributed by atoms with Crippen LogP contribution in [-0.4, -0.2) is 47.1 Å². The molecule has 2 saturated heterocycles. The second-order valence-corrected chi connectivity index (χ2v) is 5.87. The molecule has 2 aliphatic heterocycles. The summed E-state index contributed by atoms with van der Waals surface area (Å²) in [4.78, 5) is 13.9. The smallest absolute Gasteiger partial charge is 0.225 e. The Balaban J connectivity index is 1.57. The highest BCUT2D eigenvalue weighted by Crippen LogP contribution is 2.22. The van der Waals surface area contributed by atoms with Crippen molar-refractivity contribution in [2.24, 2.45) is 5.73 Å². The summed E-state index contributed by atoms with van der Waals surface area (Å²) < 4.78 is 0. The summed E-state index contributed by atoms with van der Waals surface area (Å²) in [5.41, 5.74) is 6.58. The molecule has 20 heavy (non-hydrogen) atoms. The minimum atomic E-state index is 0.486. The van der Waals surface area contributed by atoms with Gasteiger partial charge in [0.25, 0.3) is 0 Å². The molecule has 0 aliphatic carbocycles. The van der Waals surface area contributed by atoms with Gasteiger partial charge in [-0.25, -0.2) is 9.97 Å². The molecule has 0 radical (unpaired) electrons. The molecular weight excluding hydrogens is 250 g/mol. The van der Waals surface area contributed by atoms with Gasteiger partial charge < -0.3 is 15.5 Å². The van der Waals surface area contributed by atoms with Gasteiger partial charge in [-0.05, 0) is 44.8 Å². The minimum absolute atomic E-state index is 0.486. The normalized spacial score (nSPS) is 22.1. The van der Waals surface area contributed by atoms with Gasteiger partial charge >= 0.3 is 0 Å². The molecule has 0 unspecified atom stereocenters. The number of anilines is 1. The zero-order chi connectivity index (χ0) is 13.8. The second kappa shape index (κ2) is 6.50. The molecule has 0 spiro atoms. The summed E-state index contributed by atoms with van der Waals surface area (Å²) in [6.45, 7) is 5.21. The van der Waals surface area contributed by atoms with Gasteiger partial charge in [-0.1, -0.05) is 6.42 Å². The van der Waals surface area contributed by atoms with E-state index >= 15 is 0 Å². The molecule has 2 fully saturated rings. The Hall–Kier alpha value is -1.20. The van der Waals surface area contributed by atoms with Crippen molar-refractivity contribution in [2.45, 2.75) is 44.7 Å². The first kappa shape index (κ1) is 13.8. The number of aromatic nitrogens is 2. The van der Waals surface area contributed by atoms with E-state index in [0.29, 0.717) is 6.54 Å². The van der Waals surface area contributed by atoms with Gasteiger partial charge in [-0.2, -0.15) is 0 Å². The number of nitrogens with two attached hydrogens (primary N) is 1. The van der Waals surface area contributed by atoms with Crippen molar-refractivity contribution in [2.75, 3.05) is 31.1 Å². The summed E-state index contributed by atoms with van der Waals surface area (Å²) >= 11 is 0. The third-order valence-electron chi connectivity index (χ3n) is 4.56. The van der Waals surface area contributed by atoms with Crippen molar-refractivity contribution in [1.29, 1.82) is 0 Å². The molecule has 2 N–H and O–H groups in total. The van der Waals surface area contributed by atoms with Crippen LogP contribution in [0, 0.1) is 0 Å². The minimum Gasteiger partial charge on any atom is -0.341 e. The number of hydrogen-bond donors (Lipinski definition) is 1. The molecule has 110 valence electrons. The molecule has 0 atom stereocenters. The van der Waals surface area contributed by atoms with E-state index in [2.05, 4.69) is 19.8 Å². The lowest BCUT2D eigenvalue weighted by Crippen LogP contribution is -2.47. The standard InChI is InChI=1S/C15H25N5/c16-12-13-4-7-17-15(18-13)20-10-5-14(6-11-20)19-8-2-1-3-9-19/h4,7,14H,1-3,5-6,8-12,16H2. The van der Waals surface area contributed by atoms with Crippen molar-refractivity contribution in [1.82, 2.24) is 14.9 Å². The van der Waals surface area contributed by atoms with Crippen LogP contribution in [0.4, 0.5) is 5.95 Å². The van der Waals surface area contributed by atoms with Crippen LogP contribution in [-0.2, 0) is 6.54 Å². The van der Waals surface area contributed by atoms with Crippen LogP contribution in [0.1, 0.15) is 37.8 Å². The molecule has 1 aromatic rings. The maximum absolute atomic E-state index is 5.65. The fourth-order valence-corrected chi connectivity index (χ4v) is 3.37. The van der Waals surface area contributed by atoms with Crippen LogP contribution in [0.5, 0.6) is 0 Å². The molecule has 0 aromatic carbocycles. The average Bonchev–Trinajstić information content (AvgIpc) is 2.56. The molecular formula is C15H25N5. The molecule has 3 rings (SSSR count). The van der Waals surface area contributed by atoms with Crippen molar-refractivity contribution in [3.8, 4) is 0 Å².